The minimum Gasteiger partial charge on any atom is -0.480 e. The lowest BCUT2D eigenvalue weighted by atomic mass is 9.88. The van der Waals surface area contributed by atoms with E-state index >= 15 is 0 Å². The molecule has 5 heteroatoms. The fourth-order valence-corrected chi connectivity index (χ4v) is 2.96. The molecule has 0 spiro atoms. The van der Waals surface area contributed by atoms with Crippen molar-refractivity contribution in [2.45, 2.75) is 11.3 Å². The van der Waals surface area contributed by atoms with E-state index in [-0.39, 0.29) is 12.3 Å². The van der Waals surface area contributed by atoms with E-state index in [2.05, 4.69) is 5.32 Å². The van der Waals surface area contributed by atoms with Crippen molar-refractivity contribution in [1.29, 1.82) is 0 Å². The number of nitrogens with one attached hydrogen (secondary N) is 1. The second kappa shape index (κ2) is 6.95. The lowest BCUT2D eigenvalue weighted by Gasteiger charge is -2.26. The summed E-state index contributed by atoms with van der Waals surface area (Å²) >= 11 is 6.31. The van der Waals surface area contributed by atoms with Crippen LogP contribution < -0.4 is 5.32 Å². The molecule has 1 atom stereocenters. The van der Waals surface area contributed by atoms with Gasteiger partial charge in [-0.05, 0) is 35.4 Å². The number of hydrogen-bond donors (Lipinski definition) is 2. The molecule has 0 aliphatic heterocycles. The third-order valence-electron chi connectivity index (χ3n) is 3.96. The number of benzene rings is 2. The smallest absolute Gasteiger partial charge is 0.329 e. The van der Waals surface area contributed by atoms with E-state index in [1.54, 1.807) is 30.3 Å². The van der Waals surface area contributed by atoms with Crippen molar-refractivity contribution >= 4 is 29.1 Å². The second-order valence-electron chi connectivity index (χ2n) is 5.80. The average molecular weight is 354 g/mol. The van der Waals surface area contributed by atoms with Crippen LogP contribution >= 0.6 is 11.6 Å². The normalized spacial score (nSPS) is 19.6. The molecule has 1 aliphatic rings. The van der Waals surface area contributed by atoms with Gasteiger partial charge in [0.25, 0.3) is 5.91 Å². The van der Waals surface area contributed by atoms with Crippen LogP contribution in [0.15, 0.2) is 78.5 Å². The summed E-state index contributed by atoms with van der Waals surface area (Å²) in [5, 5.41) is 12.3. The number of carboxylic acid groups (broad SMARTS) is 1. The van der Waals surface area contributed by atoms with Crippen molar-refractivity contribution in [3.8, 4) is 0 Å². The third-order valence-corrected chi connectivity index (χ3v) is 4.36. The molecule has 0 fully saturated rings. The number of allylic oxidation sites excluding steroid dienone is 2. The molecule has 1 amide bonds. The molecule has 0 saturated carbocycles. The van der Waals surface area contributed by atoms with Crippen LogP contribution in [0.1, 0.15) is 22.3 Å². The van der Waals surface area contributed by atoms with Crippen molar-refractivity contribution < 1.29 is 14.7 Å². The van der Waals surface area contributed by atoms with Gasteiger partial charge in [-0.2, -0.15) is 0 Å². The average Bonchev–Trinajstić information content (AvgIpc) is 2.62. The van der Waals surface area contributed by atoms with Gasteiger partial charge in [-0.3, -0.25) is 4.79 Å². The Morgan fingerprint density at radius 1 is 1.00 bits per heavy atom. The number of halogens is 1. The number of amides is 1. The first-order valence-electron chi connectivity index (χ1n) is 7.75. The van der Waals surface area contributed by atoms with Crippen molar-refractivity contribution in [1.82, 2.24) is 5.32 Å². The Kier molecular flexibility index (Phi) is 4.72. The van der Waals surface area contributed by atoms with Gasteiger partial charge in [0.15, 0.2) is 4.87 Å². The second-order valence-corrected chi connectivity index (χ2v) is 6.47. The molecule has 2 N–H and O–H groups in total. The molecule has 126 valence electrons. The predicted molar refractivity (Wildman–Crippen MR) is 97.2 cm³/mol. The van der Waals surface area contributed by atoms with Crippen LogP contribution in [0, 0.1) is 0 Å². The van der Waals surface area contributed by atoms with E-state index in [1.165, 1.54) is 6.08 Å². The predicted octanol–water partition coefficient (Wildman–Crippen LogP) is 3.85. The largest absolute Gasteiger partial charge is 0.480 e. The van der Waals surface area contributed by atoms with Crippen LogP contribution in [0.3, 0.4) is 0 Å². The molecule has 0 bridgehead atoms. The summed E-state index contributed by atoms with van der Waals surface area (Å²) in [4.78, 5) is 22.4. The van der Waals surface area contributed by atoms with E-state index in [0.29, 0.717) is 11.3 Å². The Hall–Kier alpha value is -2.85. The van der Waals surface area contributed by atoms with Gasteiger partial charge in [0.1, 0.15) is 0 Å². The SMILES string of the molecule is O=C(NC1=CC(Cl)(C(=O)O)CC(c2ccccc2)=C1)c1ccccc1. The molecule has 1 aliphatic carbocycles. The number of hydrogen-bond acceptors (Lipinski definition) is 2. The van der Waals surface area contributed by atoms with Crippen molar-refractivity contribution in [3.05, 3.63) is 89.6 Å². The van der Waals surface area contributed by atoms with Gasteiger partial charge in [0, 0.05) is 17.7 Å². The maximum atomic E-state index is 12.4. The van der Waals surface area contributed by atoms with E-state index in [4.69, 9.17) is 11.6 Å². The van der Waals surface area contributed by atoms with Crippen LogP contribution in [0.4, 0.5) is 0 Å². The number of aliphatic carboxylic acids is 1. The summed E-state index contributed by atoms with van der Waals surface area (Å²) in [5.41, 5.74) is 2.48. The summed E-state index contributed by atoms with van der Waals surface area (Å²) < 4.78 is 0. The van der Waals surface area contributed by atoms with Gasteiger partial charge in [0.2, 0.25) is 0 Å². The fraction of sp³-hybridized carbons (Fsp3) is 0.100. The maximum Gasteiger partial charge on any atom is 0.329 e. The quantitative estimate of drug-likeness (QED) is 0.820. The Labute approximate surface area is 150 Å². The summed E-state index contributed by atoms with van der Waals surface area (Å²) in [6.07, 6.45) is 3.28. The zero-order chi connectivity index (χ0) is 17.9. The van der Waals surface area contributed by atoms with Gasteiger partial charge in [-0.15, -0.1) is 11.6 Å². The van der Waals surface area contributed by atoms with E-state index < -0.39 is 10.8 Å². The van der Waals surface area contributed by atoms with E-state index in [1.807, 2.05) is 36.4 Å². The minimum absolute atomic E-state index is 0.138. The number of carboxylic acids is 1. The molecule has 1 unspecified atom stereocenters. The molecule has 0 saturated heterocycles. The molecule has 3 rings (SSSR count). The summed E-state index contributed by atoms with van der Waals surface area (Å²) in [7, 11) is 0. The molecule has 0 aromatic heterocycles. The van der Waals surface area contributed by atoms with Crippen LogP contribution in [0.25, 0.3) is 5.57 Å². The van der Waals surface area contributed by atoms with Crippen molar-refractivity contribution in [3.63, 3.8) is 0 Å². The topological polar surface area (TPSA) is 66.4 Å². The van der Waals surface area contributed by atoms with E-state index in [9.17, 15) is 14.7 Å². The number of carbonyl (C=O) groups excluding carboxylic acids is 1. The van der Waals surface area contributed by atoms with E-state index in [0.717, 1.165) is 11.1 Å². The van der Waals surface area contributed by atoms with Gasteiger partial charge >= 0.3 is 5.97 Å². The molecule has 2 aromatic carbocycles. The molecule has 4 nitrogen and oxygen atoms in total. The number of alkyl halides is 1. The molecule has 2 aromatic rings. The maximum absolute atomic E-state index is 12.4. The zero-order valence-corrected chi connectivity index (χ0v) is 14.0. The highest BCUT2D eigenvalue weighted by molar-refractivity contribution is 6.36. The van der Waals surface area contributed by atoms with Crippen molar-refractivity contribution in [2.24, 2.45) is 0 Å². The van der Waals surface area contributed by atoms with Crippen LogP contribution in [0.5, 0.6) is 0 Å². The third kappa shape index (κ3) is 3.80. The van der Waals surface area contributed by atoms with Gasteiger partial charge in [-0.25, -0.2) is 4.79 Å². The van der Waals surface area contributed by atoms with Gasteiger partial charge < -0.3 is 10.4 Å². The highest BCUT2D eigenvalue weighted by Gasteiger charge is 2.38. The monoisotopic (exact) mass is 353 g/mol. The fourth-order valence-electron chi connectivity index (χ4n) is 2.70. The summed E-state index contributed by atoms with van der Waals surface area (Å²) in [6, 6.07) is 18.1. The molecule has 0 heterocycles. The zero-order valence-electron chi connectivity index (χ0n) is 13.3. The first-order chi connectivity index (χ1) is 12.0. The highest BCUT2D eigenvalue weighted by atomic mass is 35.5. The molecule has 0 radical (unpaired) electrons. The minimum atomic E-state index is -1.60. The Morgan fingerprint density at radius 3 is 2.20 bits per heavy atom. The van der Waals surface area contributed by atoms with Crippen LogP contribution in [-0.2, 0) is 4.79 Å². The number of carbonyl (C=O) groups is 2. The number of rotatable bonds is 4. The lowest BCUT2D eigenvalue weighted by Crippen LogP contribution is -2.35. The van der Waals surface area contributed by atoms with Gasteiger partial charge in [-0.1, -0.05) is 48.5 Å². The molecular weight excluding hydrogens is 338 g/mol. The lowest BCUT2D eigenvalue weighted by molar-refractivity contribution is -0.138. The standard InChI is InChI=1S/C20H16ClNO3/c21-20(19(24)25)12-16(14-7-3-1-4-8-14)11-17(13-20)22-18(23)15-9-5-2-6-10-15/h1-11,13H,12H2,(H,22,23)(H,24,25). The summed E-state index contributed by atoms with van der Waals surface area (Å²) in [5.74, 6) is -1.47. The molecule has 25 heavy (non-hydrogen) atoms. The van der Waals surface area contributed by atoms with Gasteiger partial charge in [0.05, 0.1) is 0 Å². The van der Waals surface area contributed by atoms with Crippen LogP contribution in [0.2, 0.25) is 0 Å². The summed E-state index contributed by atoms with van der Waals surface area (Å²) in [6.45, 7) is 0. The van der Waals surface area contributed by atoms with Crippen LogP contribution in [-0.4, -0.2) is 21.9 Å². The Bertz CT molecular complexity index is 859. The van der Waals surface area contributed by atoms with Crippen molar-refractivity contribution in [2.75, 3.05) is 0 Å². The molecular formula is C20H16ClNO3. The Balaban J connectivity index is 1.94. The highest BCUT2D eigenvalue weighted by Crippen LogP contribution is 2.36. The first kappa shape index (κ1) is 17.0. The first-order valence-corrected chi connectivity index (χ1v) is 8.13. The Morgan fingerprint density at radius 2 is 1.60 bits per heavy atom.